The van der Waals surface area contributed by atoms with Crippen LogP contribution in [0.5, 0.6) is 0 Å². The topological polar surface area (TPSA) is 24.9 Å². The number of ether oxygens (including phenoxy) is 2. The number of methoxy groups -OCH3 is 2. The predicted octanol–water partition coefficient (Wildman–Crippen LogP) is 0.428. The molecule has 0 saturated carbocycles. The first-order valence-corrected chi connectivity index (χ1v) is 6.31. The lowest BCUT2D eigenvalue weighted by molar-refractivity contribution is -0.00811. The van der Waals surface area contributed by atoms with E-state index in [2.05, 4.69) is 9.80 Å². The summed E-state index contributed by atoms with van der Waals surface area (Å²) < 4.78 is 10.6. The molecule has 0 radical (unpaired) electrons. The second-order valence-electron chi connectivity index (χ2n) is 4.90. The Bertz CT molecular complexity index is 213. The van der Waals surface area contributed by atoms with Crippen molar-refractivity contribution in [1.82, 2.24) is 9.80 Å². The Labute approximate surface area is 98.5 Å². The van der Waals surface area contributed by atoms with Crippen LogP contribution in [-0.4, -0.2) is 75.5 Å². The summed E-state index contributed by atoms with van der Waals surface area (Å²) in [6.45, 7) is 6.64. The minimum absolute atomic E-state index is 0.220. The minimum Gasteiger partial charge on any atom is -0.382 e. The quantitative estimate of drug-likeness (QED) is 0.681. The van der Waals surface area contributed by atoms with Crippen LogP contribution in [0.2, 0.25) is 0 Å². The lowest BCUT2D eigenvalue weighted by Gasteiger charge is -2.38. The van der Waals surface area contributed by atoms with Gasteiger partial charge in [-0.05, 0) is 19.4 Å². The van der Waals surface area contributed by atoms with Gasteiger partial charge in [-0.2, -0.15) is 0 Å². The van der Waals surface area contributed by atoms with Crippen molar-refractivity contribution in [2.45, 2.75) is 25.0 Å². The van der Waals surface area contributed by atoms with Crippen LogP contribution in [0.15, 0.2) is 0 Å². The van der Waals surface area contributed by atoms with E-state index in [1.807, 2.05) is 0 Å². The van der Waals surface area contributed by atoms with Crippen molar-refractivity contribution < 1.29 is 9.47 Å². The summed E-state index contributed by atoms with van der Waals surface area (Å²) in [6.07, 6.45) is 2.97. The van der Waals surface area contributed by atoms with Crippen LogP contribution in [0.3, 0.4) is 0 Å². The molecular weight excluding hydrogens is 204 g/mol. The molecule has 0 bridgehead atoms. The average molecular weight is 228 g/mol. The Hall–Kier alpha value is -0.160. The van der Waals surface area contributed by atoms with E-state index in [4.69, 9.17) is 9.47 Å². The largest absolute Gasteiger partial charge is 0.382 e. The van der Waals surface area contributed by atoms with Crippen molar-refractivity contribution >= 4 is 0 Å². The first-order chi connectivity index (χ1) is 7.83. The smallest absolute Gasteiger partial charge is 0.0931 e. The standard InChI is InChI=1S/C12H24N2O2/c1-15-10-12(16-2)9-13-6-7-14-5-3-4-11(14)8-13/h11-12H,3-10H2,1-2H3. The third-order valence-corrected chi connectivity index (χ3v) is 3.82. The monoisotopic (exact) mass is 228 g/mol. The molecule has 2 aliphatic rings. The van der Waals surface area contributed by atoms with E-state index in [-0.39, 0.29) is 6.10 Å². The molecule has 0 aromatic rings. The molecule has 2 unspecified atom stereocenters. The van der Waals surface area contributed by atoms with Crippen LogP contribution >= 0.6 is 0 Å². The van der Waals surface area contributed by atoms with Gasteiger partial charge < -0.3 is 9.47 Å². The third-order valence-electron chi connectivity index (χ3n) is 3.82. The van der Waals surface area contributed by atoms with Gasteiger partial charge in [0.15, 0.2) is 0 Å². The van der Waals surface area contributed by atoms with Gasteiger partial charge in [0.05, 0.1) is 12.7 Å². The van der Waals surface area contributed by atoms with Gasteiger partial charge in [-0.25, -0.2) is 0 Å². The van der Waals surface area contributed by atoms with Crippen LogP contribution in [0.4, 0.5) is 0 Å². The number of nitrogens with zero attached hydrogens (tertiary/aromatic N) is 2. The Morgan fingerprint density at radius 2 is 2.12 bits per heavy atom. The zero-order valence-corrected chi connectivity index (χ0v) is 10.5. The van der Waals surface area contributed by atoms with E-state index in [9.17, 15) is 0 Å². The lowest BCUT2D eigenvalue weighted by Crippen LogP contribution is -2.52. The lowest BCUT2D eigenvalue weighted by atomic mass is 10.1. The summed E-state index contributed by atoms with van der Waals surface area (Å²) in [6, 6.07) is 0.800. The molecule has 2 aliphatic heterocycles. The van der Waals surface area contributed by atoms with Gasteiger partial charge in [0.25, 0.3) is 0 Å². The molecule has 2 atom stereocenters. The maximum atomic E-state index is 5.42. The highest BCUT2D eigenvalue weighted by atomic mass is 16.5. The Balaban J connectivity index is 1.77. The number of fused-ring (bicyclic) bond motifs is 1. The fourth-order valence-corrected chi connectivity index (χ4v) is 2.89. The molecule has 4 nitrogen and oxygen atoms in total. The number of rotatable bonds is 5. The zero-order chi connectivity index (χ0) is 11.4. The fourth-order valence-electron chi connectivity index (χ4n) is 2.89. The average Bonchev–Trinajstić information content (AvgIpc) is 2.75. The predicted molar refractivity (Wildman–Crippen MR) is 63.7 cm³/mol. The Morgan fingerprint density at radius 3 is 2.88 bits per heavy atom. The zero-order valence-electron chi connectivity index (χ0n) is 10.5. The number of hydrogen-bond acceptors (Lipinski definition) is 4. The normalized spacial score (nSPS) is 29.2. The molecule has 2 rings (SSSR count). The number of piperazine rings is 1. The van der Waals surface area contributed by atoms with E-state index >= 15 is 0 Å². The second-order valence-corrected chi connectivity index (χ2v) is 4.90. The van der Waals surface area contributed by atoms with Gasteiger partial charge >= 0.3 is 0 Å². The molecule has 94 valence electrons. The van der Waals surface area contributed by atoms with Gasteiger partial charge in [-0.1, -0.05) is 0 Å². The maximum absolute atomic E-state index is 5.42. The molecule has 4 heteroatoms. The van der Waals surface area contributed by atoms with Crippen LogP contribution in [0, 0.1) is 0 Å². The Kier molecular flexibility index (Phi) is 4.58. The first kappa shape index (κ1) is 12.3. The molecule has 0 aromatic carbocycles. The molecule has 2 saturated heterocycles. The molecule has 0 amide bonds. The summed E-state index contributed by atoms with van der Waals surface area (Å²) >= 11 is 0. The summed E-state index contributed by atoms with van der Waals surface area (Å²) in [4.78, 5) is 5.16. The summed E-state index contributed by atoms with van der Waals surface area (Å²) in [7, 11) is 3.51. The highest BCUT2D eigenvalue weighted by molar-refractivity contribution is 4.87. The van der Waals surface area contributed by atoms with Crippen molar-refractivity contribution in [2.24, 2.45) is 0 Å². The van der Waals surface area contributed by atoms with Crippen molar-refractivity contribution in [3.8, 4) is 0 Å². The van der Waals surface area contributed by atoms with E-state index in [1.54, 1.807) is 14.2 Å². The van der Waals surface area contributed by atoms with Crippen LogP contribution in [0.1, 0.15) is 12.8 Å². The van der Waals surface area contributed by atoms with Crippen LogP contribution in [-0.2, 0) is 9.47 Å². The van der Waals surface area contributed by atoms with Gasteiger partial charge in [-0.15, -0.1) is 0 Å². The minimum atomic E-state index is 0.220. The molecule has 2 fully saturated rings. The van der Waals surface area contributed by atoms with Gasteiger partial charge in [-0.3, -0.25) is 9.80 Å². The Morgan fingerprint density at radius 1 is 1.25 bits per heavy atom. The van der Waals surface area contributed by atoms with E-state index < -0.39 is 0 Å². The molecule has 0 spiro atoms. The van der Waals surface area contributed by atoms with Crippen LogP contribution < -0.4 is 0 Å². The molecule has 0 aromatic heterocycles. The van der Waals surface area contributed by atoms with Gasteiger partial charge in [0, 0.05) is 46.4 Å². The summed E-state index contributed by atoms with van der Waals surface area (Å²) in [5.74, 6) is 0. The molecule has 0 aliphatic carbocycles. The van der Waals surface area contributed by atoms with Crippen molar-refractivity contribution in [3.63, 3.8) is 0 Å². The first-order valence-electron chi connectivity index (χ1n) is 6.31. The van der Waals surface area contributed by atoms with Crippen molar-refractivity contribution in [1.29, 1.82) is 0 Å². The van der Waals surface area contributed by atoms with Crippen LogP contribution in [0.25, 0.3) is 0 Å². The molecule has 0 N–H and O–H groups in total. The molecular formula is C12H24N2O2. The van der Waals surface area contributed by atoms with Gasteiger partial charge in [0.2, 0.25) is 0 Å². The fraction of sp³-hybridized carbons (Fsp3) is 1.00. The van der Waals surface area contributed by atoms with E-state index in [0.29, 0.717) is 6.61 Å². The molecule has 16 heavy (non-hydrogen) atoms. The van der Waals surface area contributed by atoms with E-state index in [0.717, 1.165) is 12.6 Å². The SMILES string of the molecule is COCC(CN1CCN2CCCC2C1)OC. The third kappa shape index (κ3) is 2.94. The highest BCUT2D eigenvalue weighted by Gasteiger charge is 2.31. The van der Waals surface area contributed by atoms with Gasteiger partial charge in [0.1, 0.15) is 0 Å². The van der Waals surface area contributed by atoms with Crippen molar-refractivity contribution in [3.05, 3.63) is 0 Å². The summed E-state index contributed by atoms with van der Waals surface area (Å²) in [5, 5.41) is 0. The number of hydrogen-bond donors (Lipinski definition) is 0. The molecule has 2 heterocycles. The highest BCUT2D eigenvalue weighted by Crippen LogP contribution is 2.21. The summed E-state index contributed by atoms with van der Waals surface area (Å²) in [5.41, 5.74) is 0. The maximum Gasteiger partial charge on any atom is 0.0931 e. The van der Waals surface area contributed by atoms with Crippen molar-refractivity contribution in [2.75, 3.05) is 53.6 Å². The van der Waals surface area contributed by atoms with E-state index in [1.165, 1.54) is 39.0 Å². The second kappa shape index (κ2) is 5.96.